The van der Waals surface area contributed by atoms with Crippen LogP contribution in [-0.4, -0.2) is 12.6 Å². The molecule has 2 unspecified atom stereocenters. The van der Waals surface area contributed by atoms with Gasteiger partial charge in [0.2, 0.25) is 0 Å². The molecular weight excluding hydrogens is 189 g/mol. The van der Waals surface area contributed by atoms with E-state index in [0.717, 1.165) is 24.9 Å². The van der Waals surface area contributed by atoms with Crippen molar-refractivity contribution in [3.05, 3.63) is 35.1 Å². The molecule has 0 radical (unpaired) electrons. The van der Waals surface area contributed by atoms with Gasteiger partial charge in [0.15, 0.2) is 0 Å². The highest BCUT2D eigenvalue weighted by molar-refractivity contribution is 5.36. The molecule has 1 aromatic rings. The van der Waals surface area contributed by atoms with Crippen molar-refractivity contribution in [3.8, 4) is 0 Å². The molecule has 1 heterocycles. The zero-order chi connectivity index (χ0) is 10.3. The zero-order valence-electron chi connectivity index (χ0n) is 8.80. The molecule has 0 saturated carbocycles. The highest BCUT2D eigenvalue weighted by atomic mass is 19.1. The van der Waals surface area contributed by atoms with Crippen LogP contribution in [0.4, 0.5) is 4.39 Å². The second kappa shape index (κ2) is 3.60. The molecule has 1 aliphatic heterocycles. The lowest BCUT2D eigenvalue weighted by atomic mass is 9.75. The highest BCUT2D eigenvalue weighted by Gasteiger charge is 2.32. The molecule has 2 atom stereocenters. The normalized spacial score (nSPS) is 29.4. The zero-order valence-corrected chi connectivity index (χ0v) is 8.80. The maximum absolute atomic E-state index is 13.8. The van der Waals surface area contributed by atoms with Crippen LogP contribution in [0.2, 0.25) is 0 Å². The summed E-state index contributed by atoms with van der Waals surface area (Å²) in [4.78, 5) is 0. The molecule has 1 N–H and O–H groups in total. The Hall–Kier alpha value is -0.890. The molecule has 1 nitrogen and oxygen atoms in total. The van der Waals surface area contributed by atoms with Gasteiger partial charge in [0.05, 0.1) is 0 Å². The van der Waals surface area contributed by atoms with Gasteiger partial charge in [-0.25, -0.2) is 4.39 Å². The van der Waals surface area contributed by atoms with Gasteiger partial charge in [-0.2, -0.15) is 0 Å². The minimum absolute atomic E-state index is 0.00546. The Morgan fingerprint density at radius 1 is 1.27 bits per heavy atom. The van der Waals surface area contributed by atoms with Crippen molar-refractivity contribution in [1.82, 2.24) is 5.32 Å². The Balaban J connectivity index is 2.05. The van der Waals surface area contributed by atoms with E-state index >= 15 is 0 Å². The molecule has 0 spiro atoms. The number of halogens is 1. The van der Waals surface area contributed by atoms with E-state index in [1.165, 1.54) is 18.4 Å². The number of benzene rings is 1. The van der Waals surface area contributed by atoms with E-state index in [9.17, 15) is 4.39 Å². The number of aryl methyl sites for hydroxylation is 1. The van der Waals surface area contributed by atoms with E-state index < -0.39 is 0 Å². The molecule has 0 bridgehead atoms. The second-order valence-electron chi connectivity index (χ2n) is 4.66. The van der Waals surface area contributed by atoms with Crippen LogP contribution < -0.4 is 5.32 Å². The quantitative estimate of drug-likeness (QED) is 0.686. The van der Waals surface area contributed by atoms with Crippen molar-refractivity contribution >= 4 is 0 Å². The van der Waals surface area contributed by atoms with Gasteiger partial charge in [-0.1, -0.05) is 12.1 Å². The average molecular weight is 205 g/mol. The lowest BCUT2D eigenvalue weighted by Crippen LogP contribution is -2.43. The first-order valence-corrected chi connectivity index (χ1v) is 5.87. The van der Waals surface area contributed by atoms with Crippen LogP contribution in [0.15, 0.2) is 18.2 Å². The van der Waals surface area contributed by atoms with Gasteiger partial charge in [0.25, 0.3) is 0 Å². The molecule has 1 fully saturated rings. The van der Waals surface area contributed by atoms with Crippen LogP contribution in [-0.2, 0) is 6.42 Å². The van der Waals surface area contributed by atoms with Gasteiger partial charge >= 0.3 is 0 Å². The fourth-order valence-electron chi connectivity index (χ4n) is 3.13. The molecule has 1 saturated heterocycles. The van der Waals surface area contributed by atoms with Crippen molar-refractivity contribution in [3.63, 3.8) is 0 Å². The van der Waals surface area contributed by atoms with Crippen LogP contribution in [0.3, 0.4) is 0 Å². The number of hydrogen-bond acceptors (Lipinski definition) is 1. The molecule has 0 aromatic heterocycles. The van der Waals surface area contributed by atoms with Crippen LogP contribution in [0.1, 0.15) is 36.3 Å². The van der Waals surface area contributed by atoms with Crippen molar-refractivity contribution in [2.24, 2.45) is 0 Å². The number of rotatable bonds is 0. The van der Waals surface area contributed by atoms with E-state index in [0.29, 0.717) is 12.0 Å². The van der Waals surface area contributed by atoms with Crippen molar-refractivity contribution in [1.29, 1.82) is 0 Å². The minimum atomic E-state index is 0.00546. The first-order valence-electron chi connectivity index (χ1n) is 5.87. The lowest BCUT2D eigenvalue weighted by molar-refractivity contribution is 0.312. The van der Waals surface area contributed by atoms with Crippen molar-refractivity contribution in [2.45, 2.75) is 37.6 Å². The Kier molecular flexibility index (Phi) is 2.24. The topological polar surface area (TPSA) is 12.0 Å². The maximum atomic E-state index is 13.8. The summed E-state index contributed by atoms with van der Waals surface area (Å²) in [5.41, 5.74) is 2.24. The van der Waals surface area contributed by atoms with Gasteiger partial charge in [-0.05, 0) is 49.4 Å². The third kappa shape index (κ3) is 1.48. The summed E-state index contributed by atoms with van der Waals surface area (Å²) in [6.45, 7) is 1.10. The SMILES string of the molecule is Fc1cccc2c1C1CCCNC1CC2. The maximum Gasteiger partial charge on any atom is 0.127 e. The van der Waals surface area contributed by atoms with Gasteiger partial charge in [-0.15, -0.1) is 0 Å². The molecule has 80 valence electrons. The van der Waals surface area contributed by atoms with Gasteiger partial charge in [0.1, 0.15) is 5.82 Å². The monoisotopic (exact) mass is 205 g/mol. The summed E-state index contributed by atoms with van der Waals surface area (Å²) in [5.74, 6) is 0.426. The number of hydrogen-bond donors (Lipinski definition) is 1. The second-order valence-corrected chi connectivity index (χ2v) is 4.66. The standard InChI is InChI=1S/C13H16FN/c14-11-5-1-3-9-6-7-12-10(13(9)11)4-2-8-15-12/h1,3,5,10,12,15H,2,4,6-8H2. The predicted octanol–water partition coefficient (Wildman–Crippen LogP) is 2.61. The van der Waals surface area contributed by atoms with E-state index in [4.69, 9.17) is 0 Å². The molecule has 2 heteroatoms. The molecule has 3 rings (SSSR count). The lowest BCUT2D eigenvalue weighted by Gasteiger charge is -2.38. The Bertz CT molecular complexity index is 375. The highest BCUT2D eigenvalue weighted by Crippen LogP contribution is 2.38. The average Bonchev–Trinajstić information content (AvgIpc) is 2.29. The molecule has 15 heavy (non-hydrogen) atoms. The Labute approximate surface area is 89.7 Å². The van der Waals surface area contributed by atoms with Crippen LogP contribution in [0.5, 0.6) is 0 Å². The van der Waals surface area contributed by atoms with E-state index in [2.05, 4.69) is 11.4 Å². The van der Waals surface area contributed by atoms with E-state index in [1.807, 2.05) is 6.07 Å². The first-order chi connectivity index (χ1) is 7.36. The van der Waals surface area contributed by atoms with Crippen LogP contribution in [0, 0.1) is 5.82 Å². The van der Waals surface area contributed by atoms with Crippen molar-refractivity contribution < 1.29 is 4.39 Å². The third-order valence-corrected chi connectivity index (χ3v) is 3.82. The minimum Gasteiger partial charge on any atom is -0.313 e. The van der Waals surface area contributed by atoms with Crippen molar-refractivity contribution in [2.75, 3.05) is 6.54 Å². The van der Waals surface area contributed by atoms with Crippen LogP contribution in [0.25, 0.3) is 0 Å². The van der Waals surface area contributed by atoms with E-state index in [-0.39, 0.29) is 5.82 Å². The summed E-state index contributed by atoms with van der Waals surface area (Å²) < 4.78 is 13.8. The van der Waals surface area contributed by atoms with Crippen LogP contribution >= 0.6 is 0 Å². The Morgan fingerprint density at radius 2 is 2.20 bits per heavy atom. The summed E-state index contributed by atoms with van der Waals surface area (Å²) in [6.07, 6.45) is 4.52. The van der Waals surface area contributed by atoms with E-state index in [1.54, 1.807) is 6.07 Å². The fourth-order valence-corrected chi connectivity index (χ4v) is 3.13. The Morgan fingerprint density at radius 3 is 3.13 bits per heavy atom. The number of piperidine rings is 1. The molecular formula is C13H16FN. The van der Waals surface area contributed by atoms with Gasteiger partial charge < -0.3 is 5.32 Å². The summed E-state index contributed by atoms with van der Waals surface area (Å²) >= 11 is 0. The first kappa shape index (κ1) is 9.34. The molecule has 0 amide bonds. The summed E-state index contributed by atoms with van der Waals surface area (Å²) in [6, 6.07) is 6.05. The fraction of sp³-hybridized carbons (Fsp3) is 0.538. The molecule has 2 aliphatic rings. The molecule has 1 aliphatic carbocycles. The largest absolute Gasteiger partial charge is 0.313 e. The third-order valence-electron chi connectivity index (χ3n) is 3.82. The number of nitrogens with one attached hydrogen (secondary N) is 1. The number of fused-ring (bicyclic) bond motifs is 3. The van der Waals surface area contributed by atoms with Gasteiger partial charge in [0, 0.05) is 12.0 Å². The smallest absolute Gasteiger partial charge is 0.127 e. The summed E-state index contributed by atoms with van der Waals surface area (Å²) in [7, 11) is 0. The molecule has 1 aromatic carbocycles. The summed E-state index contributed by atoms with van der Waals surface area (Å²) in [5, 5.41) is 3.52. The predicted molar refractivity (Wildman–Crippen MR) is 58.5 cm³/mol. The van der Waals surface area contributed by atoms with Gasteiger partial charge in [-0.3, -0.25) is 0 Å².